The molecule has 2 heterocycles. The largest absolute Gasteiger partial charge is 0.390 e. The first-order valence-corrected chi connectivity index (χ1v) is 5.45. The molecule has 8 nitrogen and oxygen atoms in total. The van der Waals surface area contributed by atoms with Crippen LogP contribution in [0.5, 0.6) is 0 Å². The van der Waals surface area contributed by atoms with Gasteiger partial charge in [-0.3, -0.25) is 19.6 Å². The first kappa shape index (κ1) is 13.0. The standard InChI is InChI=1S/C10H14N2O6/c1-5-3-12(10(15)11-9(5)14)8-2-6(13)7(18-8)4-17-16/h3,6-8,13,16H,2,4H2,1H3,(H,11,14,15)/t6?,7-,8-/m1/s1. The third-order valence-electron chi connectivity index (χ3n) is 2.90. The first-order valence-electron chi connectivity index (χ1n) is 5.45. The summed E-state index contributed by atoms with van der Waals surface area (Å²) in [7, 11) is 0. The zero-order valence-electron chi connectivity index (χ0n) is 9.70. The van der Waals surface area contributed by atoms with Gasteiger partial charge in [0.1, 0.15) is 18.9 Å². The van der Waals surface area contributed by atoms with Crippen molar-refractivity contribution in [2.24, 2.45) is 0 Å². The molecule has 3 atom stereocenters. The average Bonchev–Trinajstić information content (AvgIpc) is 2.66. The van der Waals surface area contributed by atoms with E-state index >= 15 is 0 Å². The summed E-state index contributed by atoms with van der Waals surface area (Å²) in [5.74, 6) is 0. The fourth-order valence-corrected chi connectivity index (χ4v) is 1.91. The van der Waals surface area contributed by atoms with E-state index in [1.54, 1.807) is 6.92 Å². The lowest BCUT2D eigenvalue weighted by molar-refractivity contribution is -0.264. The van der Waals surface area contributed by atoms with Crippen LogP contribution in [-0.4, -0.2) is 38.7 Å². The van der Waals surface area contributed by atoms with Crippen LogP contribution in [0.2, 0.25) is 0 Å². The fraction of sp³-hybridized carbons (Fsp3) is 0.600. The third kappa shape index (κ3) is 2.36. The second-order valence-corrected chi connectivity index (χ2v) is 4.21. The maximum absolute atomic E-state index is 11.6. The molecular formula is C10H14N2O6. The number of aliphatic hydroxyl groups is 1. The van der Waals surface area contributed by atoms with Crippen molar-refractivity contribution in [1.82, 2.24) is 9.55 Å². The predicted octanol–water partition coefficient (Wildman–Crippen LogP) is -1.02. The van der Waals surface area contributed by atoms with Gasteiger partial charge in [0.15, 0.2) is 0 Å². The van der Waals surface area contributed by atoms with Crippen molar-refractivity contribution in [2.75, 3.05) is 6.61 Å². The SMILES string of the molecule is Cc1cn([C@H]2CC(O)[C@@H](COO)O2)c(=O)[nH]c1=O. The number of rotatable bonds is 3. The summed E-state index contributed by atoms with van der Waals surface area (Å²) in [6, 6.07) is 0. The van der Waals surface area contributed by atoms with E-state index in [1.807, 2.05) is 0 Å². The normalized spacial score (nSPS) is 27.6. The van der Waals surface area contributed by atoms with Gasteiger partial charge in [0.25, 0.3) is 5.56 Å². The fourth-order valence-electron chi connectivity index (χ4n) is 1.91. The van der Waals surface area contributed by atoms with E-state index in [2.05, 4.69) is 9.87 Å². The molecule has 1 unspecified atom stereocenters. The Morgan fingerprint density at radius 2 is 2.33 bits per heavy atom. The number of H-pyrrole nitrogens is 1. The molecule has 1 saturated heterocycles. The maximum Gasteiger partial charge on any atom is 0.330 e. The Balaban J connectivity index is 2.26. The molecule has 1 aliphatic heterocycles. The predicted molar refractivity (Wildman–Crippen MR) is 59.2 cm³/mol. The van der Waals surface area contributed by atoms with Crippen LogP contribution in [-0.2, 0) is 9.62 Å². The molecule has 1 fully saturated rings. The van der Waals surface area contributed by atoms with Crippen LogP contribution in [0, 0.1) is 6.92 Å². The quantitative estimate of drug-likeness (QED) is 0.472. The number of aromatic amines is 1. The van der Waals surface area contributed by atoms with E-state index in [9.17, 15) is 14.7 Å². The molecular weight excluding hydrogens is 244 g/mol. The first-order chi connectivity index (χ1) is 8.52. The Morgan fingerprint density at radius 3 is 3.00 bits per heavy atom. The van der Waals surface area contributed by atoms with Crippen molar-refractivity contribution >= 4 is 0 Å². The van der Waals surface area contributed by atoms with Crippen LogP contribution in [0.1, 0.15) is 18.2 Å². The van der Waals surface area contributed by atoms with Crippen LogP contribution in [0.4, 0.5) is 0 Å². The number of aromatic nitrogens is 2. The van der Waals surface area contributed by atoms with Gasteiger partial charge < -0.3 is 9.84 Å². The Bertz CT molecular complexity index is 536. The highest BCUT2D eigenvalue weighted by Crippen LogP contribution is 2.27. The van der Waals surface area contributed by atoms with Gasteiger partial charge in [-0.25, -0.2) is 9.68 Å². The van der Waals surface area contributed by atoms with Gasteiger partial charge in [-0.05, 0) is 6.92 Å². The summed E-state index contributed by atoms with van der Waals surface area (Å²) in [4.78, 5) is 28.9. The third-order valence-corrected chi connectivity index (χ3v) is 2.90. The van der Waals surface area contributed by atoms with Crippen LogP contribution in [0.25, 0.3) is 0 Å². The molecule has 100 valence electrons. The molecule has 0 aromatic carbocycles. The van der Waals surface area contributed by atoms with Crippen LogP contribution in [0.3, 0.4) is 0 Å². The number of aliphatic hydroxyl groups excluding tert-OH is 1. The van der Waals surface area contributed by atoms with Crippen LogP contribution in [0.15, 0.2) is 15.8 Å². The lowest BCUT2D eigenvalue weighted by atomic mass is 10.2. The molecule has 2 rings (SSSR count). The second-order valence-electron chi connectivity index (χ2n) is 4.21. The van der Waals surface area contributed by atoms with Crippen molar-refractivity contribution < 1.29 is 20.0 Å². The number of nitrogens with one attached hydrogen (secondary N) is 1. The summed E-state index contributed by atoms with van der Waals surface area (Å²) >= 11 is 0. The summed E-state index contributed by atoms with van der Waals surface area (Å²) in [5.41, 5.74) is -0.687. The minimum absolute atomic E-state index is 0.180. The molecule has 1 aromatic heterocycles. The van der Waals surface area contributed by atoms with Gasteiger partial charge in [-0.1, -0.05) is 0 Å². The summed E-state index contributed by atoms with van der Waals surface area (Å²) < 4.78 is 6.59. The maximum atomic E-state index is 11.6. The van der Waals surface area contributed by atoms with Crippen molar-refractivity contribution in [2.45, 2.75) is 31.8 Å². The summed E-state index contributed by atoms with van der Waals surface area (Å²) in [6.07, 6.45) is -0.691. The number of hydrogen-bond donors (Lipinski definition) is 3. The lowest BCUT2D eigenvalue weighted by Gasteiger charge is -2.15. The van der Waals surface area contributed by atoms with E-state index < -0.39 is 29.7 Å². The molecule has 0 aliphatic carbocycles. The molecule has 0 radical (unpaired) electrons. The van der Waals surface area contributed by atoms with E-state index in [1.165, 1.54) is 10.8 Å². The minimum atomic E-state index is -0.846. The molecule has 18 heavy (non-hydrogen) atoms. The minimum Gasteiger partial charge on any atom is -0.390 e. The summed E-state index contributed by atoms with van der Waals surface area (Å²) in [5, 5.41) is 18.0. The molecule has 1 aromatic rings. The van der Waals surface area contributed by atoms with E-state index in [4.69, 9.17) is 9.99 Å². The van der Waals surface area contributed by atoms with Gasteiger partial charge in [-0.2, -0.15) is 0 Å². The molecule has 0 amide bonds. The van der Waals surface area contributed by atoms with Crippen LogP contribution < -0.4 is 11.2 Å². The Hall–Kier alpha value is -1.48. The Labute approximate surface area is 101 Å². The summed E-state index contributed by atoms with van der Waals surface area (Å²) in [6.45, 7) is 1.38. The second kappa shape index (κ2) is 5.02. The van der Waals surface area contributed by atoms with Gasteiger partial charge in [0.05, 0.1) is 6.10 Å². The number of nitrogens with zero attached hydrogens (tertiary/aromatic N) is 1. The van der Waals surface area contributed by atoms with E-state index in [-0.39, 0.29) is 13.0 Å². The zero-order chi connectivity index (χ0) is 13.3. The van der Waals surface area contributed by atoms with Crippen molar-refractivity contribution in [1.29, 1.82) is 0 Å². The monoisotopic (exact) mass is 258 g/mol. The van der Waals surface area contributed by atoms with Gasteiger partial charge >= 0.3 is 5.69 Å². The van der Waals surface area contributed by atoms with Gasteiger partial charge in [0.2, 0.25) is 0 Å². The molecule has 0 saturated carbocycles. The smallest absolute Gasteiger partial charge is 0.330 e. The van der Waals surface area contributed by atoms with Crippen LogP contribution >= 0.6 is 0 Å². The van der Waals surface area contributed by atoms with Crippen molar-refractivity contribution in [3.05, 3.63) is 32.6 Å². The Morgan fingerprint density at radius 1 is 1.61 bits per heavy atom. The molecule has 0 spiro atoms. The topological polar surface area (TPSA) is 114 Å². The average molecular weight is 258 g/mol. The van der Waals surface area contributed by atoms with Gasteiger partial charge in [-0.15, -0.1) is 0 Å². The highest BCUT2D eigenvalue weighted by Gasteiger charge is 2.35. The zero-order valence-corrected chi connectivity index (χ0v) is 9.70. The van der Waals surface area contributed by atoms with Gasteiger partial charge in [0, 0.05) is 18.2 Å². The number of ether oxygens (including phenoxy) is 1. The molecule has 0 bridgehead atoms. The Kier molecular flexibility index (Phi) is 3.62. The molecule has 3 N–H and O–H groups in total. The highest BCUT2D eigenvalue weighted by atomic mass is 17.1. The van der Waals surface area contributed by atoms with E-state index in [0.29, 0.717) is 5.56 Å². The molecule has 8 heteroatoms. The highest BCUT2D eigenvalue weighted by molar-refractivity contribution is 5.02. The van der Waals surface area contributed by atoms with E-state index in [0.717, 1.165) is 0 Å². The number of hydrogen-bond acceptors (Lipinski definition) is 6. The number of aryl methyl sites for hydroxylation is 1. The molecule has 1 aliphatic rings. The van der Waals surface area contributed by atoms with Crippen molar-refractivity contribution in [3.63, 3.8) is 0 Å². The van der Waals surface area contributed by atoms with Crippen molar-refractivity contribution in [3.8, 4) is 0 Å². The lowest BCUT2D eigenvalue weighted by Crippen LogP contribution is -2.33.